The van der Waals surface area contributed by atoms with Gasteiger partial charge >= 0.3 is 12.0 Å². The number of benzene rings is 3. The quantitative estimate of drug-likeness (QED) is 0.0565. The molecule has 2 amide bonds. The maximum atomic E-state index is 13.3. The van der Waals surface area contributed by atoms with E-state index in [2.05, 4.69) is 27.7 Å². The molecule has 3 aromatic rings. The molecule has 0 saturated heterocycles. The lowest BCUT2D eigenvalue weighted by atomic mass is 9.95. The molecule has 1 aliphatic heterocycles. The summed E-state index contributed by atoms with van der Waals surface area (Å²) in [6.45, 7) is 7.60. The average molecular weight is 663 g/mol. The van der Waals surface area contributed by atoms with E-state index >= 15 is 0 Å². The summed E-state index contributed by atoms with van der Waals surface area (Å²) in [5, 5.41) is 20.0. The number of allylic oxidation sites excluding steroid dienone is 2. The topological polar surface area (TPSA) is 149 Å². The van der Waals surface area contributed by atoms with Crippen molar-refractivity contribution in [2.75, 3.05) is 27.4 Å². The molecule has 0 aliphatic carbocycles. The van der Waals surface area contributed by atoms with Crippen LogP contribution in [-0.2, 0) is 22.6 Å². The van der Waals surface area contributed by atoms with Crippen LogP contribution in [0.5, 0.6) is 23.0 Å². The third kappa shape index (κ3) is 9.04. The van der Waals surface area contributed by atoms with Gasteiger partial charge in [-0.3, -0.25) is 5.43 Å². The fraction of sp³-hybridized carbons (Fsp3) is 0.286. The van der Waals surface area contributed by atoms with Crippen LogP contribution in [0, 0.1) is 5.82 Å². The molecule has 254 valence electrons. The van der Waals surface area contributed by atoms with Crippen molar-refractivity contribution in [3.63, 3.8) is 0 Å². The first kappa shape index (κ1) is 35.3. The largest absolute Gasteiger partial charge is 0.493 e. The summed E-state index contributed by atoms with van der Waals surface area (Å²) in [5.74, 6) is 0.787. The molecule has 4 N–H and O–H groups in total. The van der Waals surface area contributed by atoms with E-state index in [0.29, 0.717) is 52.8 Å². The van der Waals surface area contributed by atoms with Crippen molar-refractivity contribution >= 4 is 18.2 Å². The summed E-state index contributed by atoms with van der Waals surface area (Å²) < 4.78 is 41.4. The number of methoxy groups -OCH3 is 2. The van der Waals surface area contributed by atoms with E-state index in [1.807, 2.05) is 6.07 Å². The van der Waals surface area contributed by atoms with E-state index in [4.69, 9.17) is 23.7 Å². The Balaban J connectivity index is 1.42. The number of hydrogen-bond donors (Lipinski definition) is 4. The summed E-state index contributed by atoms with van der Waals surface area (Å²) in [4.78, 5) is 24.7. The minimum Gasteiger partial charge on any atom is -0.493 e. The number of halogens is 1. The second-order valence-corrected chi connectivity index (χ2v) is 10.5. The van der Waals surface area contributed by atoms with Crippen LogP contribution in [0.1, 0.15) is 42.1 Å². The Morgan fingerprint density at radius 3 is 2.54 bits per heavy atom. The highest BCUT2D eigenvalue weighted by Gasteiger charge is 2.32. The van der Waals surface area contributed by atoms with E-state index < -0.39 is 24.3 Å². The number of amides is 2. The van der Waals surface area contributed by atoms with Gasteiger partial charge in [-0.15, -0.1) is 6.58 Å². The van der Waals surface area contributed by atoms with E-state index in [-0.39, 0.29) is 24.6 Å². The third-order valence-electron chi connectivity index (χ3n) is 7.14. The minimum absolute atomic E-state index is 0.186. The maximum absolute atomic E-state index is 13.3. The molecule has 0 spiro atoms. The highest BCUT2D eigenvalue weighted by molar-refractivity contribution is 5.95. The first-order valence-electron chi connectivity index (χ1n) is 15.1. The zero-order valence-corrected chi connectivity index (χ0v) is 27.2. The molecule has 3 aromatic carbocycles. The van der Waals surface area contributed by atoms with Gasteiger partial charge in [0, 0.05) is 11.3 Å². The molecule has 4 rings (SSSR count). The Labute approximate surface area is 278 Å². The molecule has 1 aliphatic rings. The average Bonchev–Trinajstić information content (AvgIpc) is 3.07. The number of nitrogens with one attached hydrogen (secondary N) is 3. The summed E-state index contributed by atoms with van der Waals surface area (Å²) in [5.41, 5.74) is 6.11. The summed E-state index contributed by atoms with van der Waals surface area (Å²) >= 11 is 0. The predicted octanol–water partition coefficient (Wildman–Crippen LogP) is 4.66. The molecule has 1 heterocycles. The van der Waals surface area contributed by atoms with Crippen molar-refractivity contribution in [2.24, 2.45) is 5.10 Å². The minimum atomic E-state index is -1.19. The monoisotopic (exact) mass is 662 g/mol. The molecule has 0 saturated carbocycles. The number of ether oxygens (including phenoxy) is 5. The smallest absolute Gasteiger partial charge is 0.337 e. The van der Waals surface area contributed by atoms with Gasteiger partial charge in [-0.05, 0) is 73.4 Å². The second-order valence-electron chi connectivity index (χ2n) is 10.5. The van der Waals surface area contributed by atoms with Crippen molar-refractivity contribution in [2.45, 2.75) is 39.1 Å². The Morgan fingerprint density at radius 2 is 1.85 bits per heavy atom. The van der Waals surface area contributed by atoms with Gasteiger partial charge in [-0.1, -0.05) is 24.3 Å². The van der Waals surface area contributed by atoms with Gasteiger partial charge in [-0.25, -0.2) is 14.0 Å². The number of urea groups is 1. The fourth-order valence-electron chi connectivity index (χ4n) is 4.94. The van der Waals surface area contributed by atoms with E-state index in [0.717, 1.165) is 11.1 Å². The SMILES string of the molecule is C=CCc1cc(/C=N\N[C@@H](O)COc2ccc([C@H]3NC(=O)NC(C)=C3C(=O)OC)cc2OCC)cc(OC)c1OCc1ccc(F)cc1. The second kappa shape index (κ2) is 16.8. The zero-order valence-electron chi connectivity index (χ0n) is 27.2. The van der Waals surface area contributed by atoms with Crippen LogP contribution in [0.2, 0.25) is 0 Å². The predicted molar refractivity (Wildman–Crippen MR) is 177 cm³/mol. The lowest BCUT2D eigenvalue weighted by Gasteiger charge is -2.28. The Bertz CT molecular complexity index is 1680. The van der Waals surface area contributed by atoms with Crippen molar-refractivity contribution < 1.29 is 42.8 Å². The van der Waals surface area contributed by atoms with Crippen molar-refractivity contribution in [3.05, 3.63) is 107 Å². The number of aliphatic hydroxyl groups excluding tert-OH is 1. The molecule has 0 fully saturated rings. The van der Waals surface area contributed by atoms with Gasteiger partial charge in [0.05, 0.1) is 38.7 Å². The summed E-state index contributed by atoms with van der Waals surface area (Å²) in [7, 11) is 2.79. The number of rotatable bonds is 16. The van der Waals surface area contributed by atoms with Gasteiger partial charge in [0.1, 0.15) is 19.0 Å². The molecular weight excluding hydrogens is 623 g/mol. The lowest BCUT2D eigenvalue weighted by Crippen LogP contribution is -2.45. The highest BCUT2D eigenvalue weighted by Crippen LogP contribution is 2.36. The van der Waals surface area contributed by atoms with Crippen molar-refractivity contribution in [1.82, 2.24) is 16.1 Å². The highest BCUT2D eigenvalue weighted by atomic mass is 19.1. The number of hydrazone groups is 1. The molecule has 0 radical (unpaired) electrons. The molecule has 13 heteroatoms. The van der Waals surface area contributed by atoms with Crippen LogP contribution in [0.25, 0.3) is 0 Å². The number of carbonyl (C=O) groups is 2. The lowest BCUT2D eigenvalue weighted by molar-refractivity contribution is -0.136. The summed E-state index contributed by atoms with van der Waals surface area (Å²) in [6, 6.07) is 13.4. The Kier molecular flexibility index (Phi) is 12.4. The van der Waals surface area contributed by atoms with Gasteiger partial charge < -0.3 is 39.4 Å². The van der Waals surface area contributed by atoms with Crippen LogP contribution in [0.3, 0.4) is 0 Å². The molecule has 12 nitrogen and oxygen atoms in total. The Hall–Kier alpha value is -5.56. The third-order valence-corrected chi connectivity index (χ3v) is 7.14. The number of aliphatic hydroxyl groups is 1. The first-order valence-corrected chi connectivity index (χ1v) is 15.1. The molecule has 48 heavy (non-hydrogen) atoms. The molecular formula is C35H39FN4O8. The van der Waals surface area contributed by atoms with Gasteiger partial charge in [-0.2, -0.15) is 5.10 Å². The van der Waals surface area contributed by atoms with Gasteiger partial charge in [0.2, 0.25) is 0 Å². The van der Waals surface area contributed by atoms with E-state index in [9.17, 15) is 19.1 Å². The standard InChI is InChI=1S/C35H39FN4O8/c1-6-8-25-15-23(16-29(44-4)33(25)48-19-22-9-12-26(36)13-10-22)18-37-40-30(41)20-47-27-14-11-24(17-28(27)46-7-2)32-31(34(42)45-5)21(3)38-35(43)39-32/h6,9-18,30,32,40-41H,1,7-8,19-20H2,2-5H3,(H2,38,39,43)/b37-18-/t30-,32+/m0/s1. The van der Waals surface area contributed by atoms with Gasteiger partial charge in [0.15, 0.2) is 29.2 Å². The van der Waals surface area contributed by atoms with Crippen molar-refractivity contribution in [3.8, 4) is 23.0 Å². The molecule has 0 aromatic heterocycles. The van der Waals surface area contributed by atoms with E-state index in [1.54, 1.807) is 56.3 Å². The summed E-state index contributed by atoms with van der Waals surface area (Å²) in [6.07, 6.45) is 2.56. The normalized spacial score (nSPS) is 14.9. The van der Waals surface area contributed by atoms with Crippen molar-refractivity contribution in [1.29, 1.82) is 0 Å². The molecule has 0 bridgehead atoms. The maximum Gasteiger partial charge on any atom is 0.337 e. The van der Waals surface area contributed by atoms with Crippen LogP contribution in [0.4, 0.5) is 9.18 Å². The van der Waals surface area contributed by atoms with Crippen LogP contribution in [-0.4, -0.2) is 57.0 Å². The van der Waals surface area contributed by atoms with Crippen LogP contribution in [0.15, 0.2) is 83.6 Å². The van der Waals surface area contributed by atoms with Gasteiger partial charge in [0.25, 0.3) is 0 Å². The van der Waals surface area contributed by atoms with Crippen LogP contribution >= 0.6 is 0 Å². The van der Waals surface area contributed by atoms with Crippen LogP contribution < -0.4 is 35.0 Å². The number of nitrogens with zero attached hydrogens (tertiary/aromatic N) is 1. The number of carbonyl (C=O) groups excluding carboxylic acids is 2. The zero-order chi connectivity index (χ0) is 34.6. The fourth-order valence-corrected chi connectivity index (χ4v) is 4.94. The number of hydrogen-bond acceptors (Lipinski definition) is 10. The molecule has 2 atom stereocenters. The first-order chi connectivity index (χ1) is 23.2. The van der Waals surface area contributed by atoms with E-state index in [1.165, 1.54) is 32.6 Å². The Morgan fingerprint density at radius 1 is 1.08 bits per heavy atom. The molecule has 0 unspecified atom stereocenters. The number of esters is 1.